The summed E-state index contributed by atoms with van der Waals surface area (Å²) in [6.45, 7) is 3.31. The number of rotatable bonds is 3. The van der Waals surface area contributed by atoms with Gasteiger partial charge in [-0.2, -0.15) is 0 Å². The Morgan fingerprint density at radius 3 is 2.73 bits per heavy atom. The van der Waals surface area contributed by atoms with Gasteiger partial charge in [-0.25, -0.2) is 0 Å². The van der Waals surface area contributed by atoms with Crippen molar-refractivity contribution in [3.05, 3.63) is 70.9 Å². The molecule has 1 aromatic heterocycles. The molecule has 0 amide bonds. The molecule has 2 heteroatoms. The van der Waals surface area contributed by atoms with E-state index in [0.29, 0.717) is 6.04 Å². The Bertz CT molecular complexity index is 938. The average Bonchev–Trinajstić information content (AvgIpc) is 2.93. The molecular weight excluding hydrogens is 316 g/mol. The van der Waals surface area contributed by atoms with Crippen LogP contribution < -0.4 is 0 Å². The highest BCUT2D eigenvalue weighted by Crippen LogP contribution is 2.45. The van der Waals surface area contributed by atoms with Crippen LogP contribution in [0.25, 0.3) is 10.9 Å². The fraction of sp³-hybridized carbons (Fsp3) is 0.417. The molecule has 0 saturated carbocycles. The molecule has 2 aromatic carbocycles. The molecule has 3 heterocycles. The van der Waals surface area contributed by atoms with Gasteiger partial charge in [0.25, 0.3) is 0 Å². The molecule has 1 fully saturated rings. The molecule has 2 aliphatic rings. The monoisotopic (exact) mass is 344 g/mol. The molecule has 2 bridgehead atoms. The Labute approximate surface area is 156 Å². The zero-order valence-corrected chi connectivity index (χ0v) is 15.9. The van der Waals surface area contributed by atoms with E-state index >= 15 is 0 Å². The quantitative estimate of drug-likeness (QED) is 0.628. The number of benzene rings is 2. The Morgan fingerprint density at radius 1 is 1.04 bits per heavy atom. The van der Waals surface area contributed by atoms with Gasteiger partial charge in [0.1, 0.15) is 0 Å². The van der Waals surface area contributed by atoms with Crippen LogP contribution in [0.15, 0.2) is 48.5 Å². The van der Waals surface area contributed by atoms with E-state index in [4.69, 9.17) is 0 Å². The first-order chi connectivity index (χ1) is 12.7. The van der Waals surface area contributed by atoms with E-state index in [-0.39, 0.29) is 0 Å². The lowest BCUT2D eigenvalue weighted by Gasteiger charge is -2.44. The number of aromatic nitrogens is 1. The van der Waals surface area contributed by atoms with Gasteiger partial charge in [0.2, 0.25) is 0 Å². The Hall–Kier alpha value is -2.06. The number of aryl methyl sites for hydroxylation is 3. The van der Waals surface area contributed by atoms with E-state index in [2.05, 4.69) is 72.0 Å². The summed E-state index contributed by atoms with van der Waals surface area (Å²) in [5.74, 6) is 0. The van der Waals surface area contributed by atoms with Gasteiger partial charge in [-0.3, -0.25) is 4.90 Å². The Balaban J connectivity index is 1.63. The predicted octanol–water partition coefficient (Wildman–Crippen LogP) is 5.27. The predicted molar refractivity (Wildman–Crippen MR) is 109 cm³/mol. The minimum atomic E-state index is 0.611. The van der Waals surface area contributed by atoms with Gasteiger partial charge in [0, 0.05) is 41.6 Å². The van der Waals surface area contributed by atoms with E-state index in [0.717, 1.165) is 19.0 Å². The third-order valence-corrected chi connectivity index (χ3v) is 6.68. The molecule has 2 nitrogen and oxygen atoms in total. The summed E-state index contributed by atoms with van der Waals surface area (Å²) in [5, 5.41) is 1.50. The summed E-state index contributed by atoms with van der Waals surface area (Å²) in [4.78, 5) is 2.66. The number of hydrogen-bond acceptors (Lipinski definition) is 1. The zero-order valence-electron chi connectivity index (χ0n) is 15.9. The molecule has 2 unspecified atom stereocenters. The van der Waals surface area contributed by atoms with Crippen LogP contribution in [0, 0.1) is 6.92 Å². The van der Waals surface area contributed by atoms with Crippen LogP contribution in [0.5, 0.6) is 0 Å². The van der Waals surface area contributed by atoms with Crippen LogP contribution in [0.1, 0.15) is 47.7 Å². The second-order valence-electron chi connectivity index (χ2n) is 8.24. The number of piperidine rings is 1. The molecule has 26 heavy (non-hydrogen) atoms. The maximum absolute atomic E-state index is 2.66. The second kappa shape index (κ2) is 6.28. The molecule has 2 atom stereocenters. The number of hydrogen-bond donors (Lipinski definition) is 0. The minimum Gasteiger partial charge on any atom is -0.344 e. The van der Waals surface area contributed by atoms with Crippen LogP contribution in [0.4, 0.5) is 0 Å². The van der Waals surface area contributed by atoms with Crippen molar-refractivity contribution in [1.29, 1.82) is 0 Å². The van der Waals surface area contributed by atoms with Crippen LogP contribution in [-0.2, 0) is 19.4 Å². The summed E-state index contributed by atoms with van der Waals surface area (Å²) in [6, 6.07) is 19.3. The standard InChI is InChI=1S/C24H28N2/c1-17-11-12-21-20(15-17)24-22-10-6-9-19(25(22)2)16-23(24)26(21)14-13-18-7-4-3-5-8-18/h3-5,7-8,11-12,15,19,22H,6,9-10,13-14,16H2,1-2H3. The van der Waals surface area contributed by atoms with Crippen molar-refractivity contribution in [3.8, 4) is 0 Å². The average molecular weight is 345 g/mol. The topological polar surface area (TPSA) is 8.17 Å². The lowest BCUT2D eigenvalue weighted by molar-refractivity contribution is 0.0988. The van der Waals surface area contributed by atoms with Crippen molar-refractivity contribution >= 4 is 10.9 Å². The SMILES string of the molecule is Cc1ccc2c(c1)c1c(n2CCc2ccccc2)CC2CCCC1N2C. The summed E-state index contributed by atoms with van der Waals surface area (Å²) < 4.78 is 2.65. The molecule has 0 aliphatic carbocycles. The van der Waals surface area contributed by atoms with Crippen molar-refractivity contribution < 1.29 is 0 Å². The first kappa shape index (κ1) is 16.1. The van der Waals surface area contributed by atoms with Crippen LogP contribution in [0.3, 0.4) is 0 Å². The molecular formula is C24H28N2. The molecule has 0 spiro atoms. The Morgan fingerprint density at radius 2 is 1.88 bits per heavy atom. The first-order valence-electron chi connectivity index (χ1n) is 10.1. The summed E-state index contributed by atoms with van der Waals surface area (Å²) >= 11 is 0. The van der Waals surface area contributed by atoms with Gasteiger partial charge in [-0.1, -0.05) is 42.0 Å². The van der Waals surface area contributed by atoms with Gasteiger partial charge < -0.3 is 4.57 Å². The van der Waals surface area contributed by atoms with Crippen molar-refractivity contribution in [2.45, 2.75) is 57.7 Å². The number of nitrogens with zero attached hydrogens (tertiary/aromatic N) is 2. The van der Waals surface area contributed by atoms with Crippen molar-refractivity contribution in [3.63, 3.8) is 0 Å². The largest absolute Gasteiger partial charge is 0.344 e. The highest BCUT2D eigenvalue weighted by molar-refractivity contribution is 5.87. The maximum atomic E-state index is 2.66. The van der Waals surface area contributed by atoms with Gasteiger partial charge in [-0.05, 0) is 62.9 Å². The molecule has 0 N–H and O–H groups in total. The van der Waals surface area contributed by atoms with Crippen molar-refractivity contribution in [1.82, 2.24) is 9.47 Å². The second-order valence-corrected chi connectivity index (χ2v) is 8.24. The van der Waals surface area contributed by atoms with E-state index in [9.17, 15) is 0 Å². The molecule has 1 saturated heterocycles. The number of fused-ring (bicyclic) bond motifs is 6. The molecule has 5 rings (SSSR count). The fourth-order valence-corrected chi connectivity index (χ4v) is 5.31. The molecule has 2 aliphatic heterocycles. The number of likely N-dealkylation sites (N-methyl/N-ethyl adjacent to an activating group) is 1. The van der Waals surface area contributed by atoms with Gasteiger partial charge in [0.05, 0.1) is 0 Å². The maximum Gasteiger partial charge on any atom is 0.0486 e. The lowest BCUT2D eigenvalue weighted by Crippen LogP contribution is -2.44. The zero-order chi connectivity index (χ0) is 17.7. The fourth-order valence-electron chi connectivity index (χ4n) is 5.31. The van der Waals surface area contributed by atoms with E-state index in [1.165, 1.54) is 47.7 Å². The summed E-state index contributed by atoms with van der Waals surface area (Å²) in [7, 11) is 2.35. The first-order valence-corrected chi connectivity index (χ1v) is 10.1. The van der Waals surface area contributed by atoms with Crippen LogP contribution in [0.2, 0.25) is 0 Å². The molecule has 134 valence electrons. The van der Waals surface area contributed by atoms with Crippen LogP contribution >= 0.6 is 0 Å². The summed E-state index contributed by atoms with van der Waals surface area (Å²) in [5.41, 5.74) is 7.51. The normalized spacial score (nSPS) is 22.5. The summed E-state index contributed by atoms with van der Waals surface area (Å²) in [6.07, 6.45) is 6.36. The smallest absolute Gasteiger partial charge is 0.0486 e. The highest BCUT2D eigenvalue weighted by atomic mass is 15.2. The van der Waals surface area contributed by atoms with Gasteiger partial charge in [-0.15, -0.1) is 0 Å². The molecule has 3 aromatic rings. The van der Waals surface area contributed by atoms with Gasteiger partial charge >= 0.3 is 0 Å². The van der Waals surface area contributed by atoms with Crippen molar-refractivity contribution in [2.24, 2.45) is 0 Å². The highest BCUT2D eigenvalue weighted by Gasteiger charge is 2.38. The molecule has 0 radical (unpaired) electrons. The van der Waals surface area contributed by atoms with Crippen LogP contribution in [-0.4, -0.2) is 22.6 Å². The third-order valence-electron chi connectivity index (χ3n) is 6.68. The van der Waals surface area contributed by atoms with E-state index < -0.39 is 0 Å². The van der Waals surface area contributed by atoms with Crippen molar-refractivity contribution in [2.75, 3.05) is 7.05 Å². The third kappa shape index (κ3) is 2.51. The lowest BCUT2D eigenvalue weighted by atomic mass is 9.82. The Kier molecular flexibility index (Phi) is 3.90. The van der Waals surface area contributed by atoms with E-state index in [1.54, 1.807) is 11.3 Å². The van der Waals surface area contributed by atoms with Gasteiger partial charge in [0.15, 0.2) is 0 Å². The minimum absolute atomic E-state index is 0.611. The van der Waals surface area contributed by atoms with E-state index in [1.807, 2.05) is 0 Å².